The van der Waals surface area contributed by atoms with Crippen molar-refractivity contribution in [3.63, 3.8) is 0 Å². The van der Waals surface area contributed by atoms with Crippen LogP contribution in [0.4, 0.5) is 21.4 Å². The van der Waals surface area contributed by atoms with Gasteiger partial charge in [-0.25, -0.2) is 4.79 Å². The molecule has 0 saturated heterocycles. The average molecular weight is 591 g/mol. The smallest absolute Gasteiger partial charge is 0.341 e. The van der Waals surface area contributed by atoms with Crippen molar-refractivity contribution in [3.05, 3.63) is 49.7 Å². The molecule has 0 aliphatic heterocycles. The van der Waals surface area contributed by atoms with Crippen LogP contribution in [0.5, 0.6) is 5.75 Å². The third-order valence-corrected chi connectivity index (χ3v) is 8.53. The van der Waals surface area contributed by atoms with Gasteiger partial charge in [0.15, 0.2) is 0 Å². The molecule has 2 aromatic heterocycles. The minimum absolute atomic E-state index is 0.0273. The second kappa shape index (κ2) is 11.8. The van der Waals surface area contributed by atoms with Crippen LogP contribution in [-0.2, 0) is 4.74 Å². The first-order valence-electron chi connectivity index (χ1n) is 12.5. The van der Waals surface area contributed by atoms with Crippen molar-refractivity contribution in [2.45, 2.75) is 52.5 Å². The van der Waals surface area contributed by atoms with Gasteiger partial charge in [-0.3, -0.25) is 9.59 Å². The van der Waals surface area contributed by atoms with Crippen LogP contribution < -0.4 is 26.4 Å². The van der Waals surface area contributed by atoms with Crippen LogP contribution in [-0.4, -0.2) is 37.5 Å². The summed E-state index contributed by atoms with van der Waals surface area (Å²) in [7, 11) is 1.48. The van der Waals surface area contributed by atoms with Crippen molar-refractivity contribution >= 4 is 73.4 Å². The van der Waals surface area contributed by atoms with Gasteiger partial charge in [0, 0.05) is 17.1 Å². The molecule has 1 fully saturated rings. The first-order chi connectivity index (χ1) is 18.5. The van der Waals surface area contributed by atoms with Crippen molar-refractivity contribution in [1.29, 1.82) is 0 Å². The van der Waals surface area contributed by atoms with Crippen LogP contribution in [0.3, 0.4) is 0 Å². The number of ether oxygens (including phenoxy) is 2. The molecule has 12 heteroatoms. The normalized spacial score (nSPS) is 12.8. The first kappa shape index (κ1) is 28.7. The number of esters is 1. The monoisotopic (exact) mass is 590 g/mol. The second-order valence-electron chi connectivity index (χ2n) is 9.45. The number of amides is 2. The number of hydrogen-bond donors (Lipinski definition) is 4. The Morgan fingerprint density at radius 1 is 1.13 bits per heavy atom. The van der Waals surface area contributed by atoms with E-state index in [0.717, 1.165) is 35.3 Å². The van der Waals surface area contributed by atoms with E-state index in [4.69, 9.17) is 26.8 Å². The summed E-state index contributed by atoms with van der Waals surface area (Å²) in [6, 6.07) is 3.29. The van der Waals surface area contributed by atoms with Crippen molar-refractivity contribution in [1.82, 2.24) is 0 Å². The van der Waals surface area contributed by atoms with E-state index in [1.165, 1.54) is 18.4 Å². The third-order valence-electron chi connectivity index (χ3n) is 6.07. The number of nitrogen functional groups attached to an aromatic ring is 1. The molecular formula is C27H31ClN4O5S2. The highest BCUT2D eigenvalue weighted by molar-refractivity contribution is 7.19. The van der Waals surface area contributed by atoms with E-state index in [9.17, 15) is 14.4 Å². The van der Waals surface area contributed by atoms with Gasteiger partial charge in [-0.2, -0.15) is 0 Å². The molecule has 4 rings (SSSR count). The Hall–Kier alpha value is -3.28. The molecule has 3 aromatic rings. The Labute approximate surface area is 240 Å². The Kier molecular flexibility index (Phi) is 8.73. The zero-order valence-electron chi connectivity index (χ0n) is 22.3. The summed E-state index contributed by atoms with van der Waals surface area (Å²) >= 11 is 8.56. The lowest BCUT2D eigenvalue weighted by Gasteiger charge is -2.14. The topological polar surface area (TPSA) is 132 Å². The second-order valence-corrected chi connectivity index (χ2v) is 11.8. The molecule has 0 unspecified atom stereocenters. The molecule has 2 amide bonds. The van der Waals surface area contributed by atoms with Crippen molar-refractivity contribution in [2.75, 3.05) is 35.4 Å². The summed E-state index contributed by atoms with van der Waals surface area (Å²) in [4.78, 5) is 39.8. The van der Waals surface area contributed by atoms with Gasteiger partial charge in [-0.05, 0) is 69.0 Å². The fourth-order valence-corrected chi connectivity index (χ4v) is 6.39. The minimum atomic E-state index is -0.516. The molecule has 1 aliphatic carbocycles. The molecule has 5 N–H and O–H groups in total. The maximum absolute atomic E-state index is 13.5. The van der Waals surface area contributed by atoms with Crippen LogP contribution in [0, 0.1) is 6.92 Å². The molecule has 1 aromatic carbocycles. The molecule has 208 valence electrons. The maximum atomic E-state index is 13.5. The lowest BCUT2D eigenvalue weighted by Crippen LogP contribution is -2.19. The van der Waals surface area contributed by atoms with Gasteiger partial charge in [-0.15, -0.1) is 22.7 Å². The quantitative estimate of drug-likeness (QED) is 0.192. The predicted molar refractivity (Wildman–Crippen MR) is 158 cm³/mol. The number of aryl methyl sites for hydroxylation is 1. The van der Waals surface area contributed by atoms with E-state index in [0.29, 0.717) is 37.9 Å². The largest absolute Gasteiger partial charge is 0.495 e. The molecule has 1 aliphatic rings. The Bertz CT molecular complexity index is 1430. The van der Waals surface area contributed by atoms with Crippen molar-refractivity contribution in [3.8, 4) is 5.75 Å². The standard InChI is InChI=1S/C27H31ClN4O5S2/c1-6-37-27(35)19-15(14-7-8-14)11-38-25(19)32-24(34)22-21(29)20(26(39-22)30-12(2)3)23(33)31-17-9-13(4)16(28)10-18(17)36-5/h9-12,14,30H,6-8,29H2,1-5H3,(H,31,33)(H,32,34). The minimum Gasteiger partial charge on any atom is -0.495 e. The van der Waals surface area contributed by atoms with Gasteiger partial charge < -0.3 is 31.2 Å². The van der Waals surface area contributed by atoms with Crippen molar-refractivity contribution in [2.24, 2.45) is 0 Å². The lowest BCUT2D eigenvalue weighted by atomic mass is 10.1. The molecule has 0 spiro atoms. The average Bonchev–Trinajstić information content (AvgIpc) is 3.55. The number of halogens is 1. The summed E-state index contributed by atoms with van der Waals surface area (Å²) < 4.78 is 10.6. The number of nitrogens with two attached hydrogens (primary N) is 1. The van der Waals surface area contributed by atoms with Gasteiger partial charge in [0.1, 0.15) is 20.6 Å². The zero-order chi connectivity index (χ0) is 28.4. The van der Waals surface area contributed by atoms with Gasteiger partial charge in [0.05, 0.1) is 36.2 Å². The summed E-state index contributed by atoms with van der Waals surface area (Å²) in [5.74, 6) is -0.809. The number of anilines is 4. The number of carbonyl (C=O) groups is 3. The van der Waals surface area contributed by atoms with E-state index < -0.39 is 17.8 Å². The number of hydrogen-bond acceptors (Lipinski definition) is 9. The van der Waals surface area contributed by atoms with E-state index in [-0.39, 0.29) is 28.8 Å². The number of carbonyl (C=O) groups excluding carboxylic acids is 3. The van der Waals surface area contributed by atoms with E-state index in [2.05, 4.69) is 16.0 Å². The fourth-order valence-electron chi connectivity index (χ4n) is 4.05. The van der Waals surface area contributed by atoms with Crippen LogP contribution in [0.1, 0.15) is 81.0 Å². The predicted octanol–water partition coefficient (Wildman–Crippen LogP) is 6.74. The van der Waals surface area contributed by atoms with Crippen molar-refractivity contribution < 1.29 is 23.9 Å². The third kappa shape index (κ3) is 6.15. The summed E-state index contributed by atoms with van der Waals surface area (Å²) in [5, 5.41) is 12.1. The molecule has 9 nitrogen and oxygen atoms in total. The molecule has 2 heterocycles. The number of nitrogens with one attached hydrogen (secondary N) is 3. The first-order valence-corrected chi connectivity index (χ1v) is 14.6. The van der Waals surface area contributed by atoms with Crippen LogP contribution in [0.25, 0.3) is 0 Å². The van der Waals surface area contributed by atoms with Gasteiger partial charge in [-0.1, -0.05) is 11.6 Å². The fraction of sp³-hybridized carbons (Fsp3) is 0.370. The van der Waals surface area contributed by atoms with Crippen LogP contribution >= 0.6 is 34.3 Å². The number of benzene rings is 1. The lowest BCUT2D eigenvalue weighted by molar-refractivity contribution is 0.0526. The summed E-state index contributed by atoms with van der Waals surface area (Å²) in [6.07, 6.45) is 1.99. The molecule has 39 heavy (non-hydrogen) atoms. The van der Waals surface area contributed by atoms with Crippen LogP contribution in [0.2, 0.25) is 5.02 Å². The van der Waals surface area contributed by atoms with Crippen LogP contribution in [0.15, 0.2) is 17.5 Å². The Balaban J connectivity index is 1.67. The van der Waals surface area contributed by atoms with E-state index in [1.807, 2.05) is 26.2 Å². The van der Waals surface area contributed by atoms with Gasteiger partial charge >= 0.3 is 5.97 Å². The Morgan fingerprint density at radius 3 is 2.46 bits per heavy atom. The highest BCUT2D eigenvalue weighted by atomic mass is 35.5. The highest BCUT2D eigenvalue weighted by Crippen LogP contribution is 2.46. The summed E-state index contributed by atoms with van der Waals surface area (Å²) in [6.45, 7) is 7.61. The SMILES string of the molecule is CCOC(=O)c1c(C2CC2)csc1NC(=O)c1sc(NC(C)C)c(C(=O)Nc2cc(C)c(Cl)cc2OC)c1N. The van der Waals surface area contributed by atoms with E-state index >= 15 is 0 Å². The number of rotatable bonds is 10. The maximum Gasteiger partial charge on any atom is 0.341 e. The zero-order valence-corrected chi connectivity index (χ0v) is 24.7. The van der Waals surface area contributed by atoms with E-state index in [1.54, 1.807) is 19.1 Å². The number of methoxy groups -OCH3 is 1. The number of thiophene rings is 2. The van der Waals surface area contributed by atoms with Gasteiger partial charge in [0.25, 0.3) is 11.8 Å². The molecular weight excluding hydrogens is 560 g/mol. The Morgan fingerprint density at radius 2 is 1.85 bits per heavy atom. The highest BCUT2D eigenvalue weighted by Gasteiger charge is 2.33. The molecule has 1 saturated carbocycles. The summed E-state index contributed by atoms with van der Waals surface area (Å²) in [5.41, 5.74) is 9.05. The van der Waals surface area contributed by atoms with Gasteiger partial charge in [0.2, 0.25) is 0 Å². The molecule has 0 bridgehead atoms. The molecule has 0 atom stereocenters. The molecule has 0 radical (unpaired) electrons.